The molecule has 1 atom stereocenters. The monoisotopic (exact) mass is 296 g/mol. The van der Waals surface area contributed by atoms with Crippen molar-refractivity contribution >= 4 is 17.3 Å². The maximum Gasteiger partial charge on any atom is 0.311 e. The molecule has 21 heavy (non-hydrogen) atoms. The predicted molar refractivity (Wildman–Crippen MR) is 78.8 cm³/mol. The fourth-order valence-electron chi connectivity index (χ4n) is 1.87. The molecule has 0 bridgehead atoms. The number of hydrogen-bond acceptors (Lipinski definition) is 5. The number of hydrogen-bond donors (Lipinski definition) is 2. The zero-order chi connectivity index (χ0) is 16.2. The van der Waals surface area contributed by atoms with Crippen molar-refractivity contribution in [3.63, 3.8) is 0 Å². The third kappa shape index (κ3) is 4.62. The van der Waals surface area contributed by atoms with Crippen molar-refractivity contribution < 1.29 is 19.6 Å². The zero-order valence-electron chi connectivity index (χ0n) is 12.5. The normalized spacial score (nSPS) is 12.6. The Morgan fingerprint density at radius 2 is 2.10 bits per heavy atom. The van der Waals surface area contributed by atoms with Gasteiger partial charge in [-0.3, -0.25) is 14.9 Å². The summed E-state index contributed by atoms with van der Waals surface area (Å²) in [6.07, 6.45) is -0.0528. The number of carboxylic acid groups (broad SMARTS) is 1. The molecule has 0 spiro atoms. The van der Waals surface area contributed by atoms with Gasteiger partial charge in [-0.15, -0.1) is 0 Å². The highest BCUT2D eigenvalue weighted by molar-refractivity contribution is 5.69. The number of anilines is 1. The van der Waals surface area contributed by atoms with Crippen molar-refractivity contribution in [2.75, 3.05) is 12.4 Å². The van der Waals surface area contributed by atoms with Gasteiger partial charge in [0.15, 0.2) is 5.75 Å². The van der Waals surface area contributed by atoms with Crippen molar-refractivity contribution in [2.24, 2.45) is 5.41 Å². The van der Waals surface area contributed by atoms with E-state index in [1.54, 1.807) is 6.07 Å². The van der Waals surface area contributed by atoms with Crippen LogP contribution >= 0.6 is 0 Å². The van der Waals surface area contributed by atoms with Gasteiger partial charge in [-0.05, 0) is 11.5 Å². The van der Waals surface area contributed by atoms with Crippen LogP contribution in [-0.4, -0.2) is 29.2 Å². The van der Waals surface area contributed by atoms with E-state index >= 15 is 0 Å². The second-order valence-electron chi connectivity index (χ2n) is 5.80. The van der Waals surface area contributed by atoms with E-state index in [1.807, 2.05) is 20.8 Å². The van der Waals surface area contributed by atoms with Crippen LogP contribution in [0.2, 0.25) is 0 Å². The lowest BCUT2D eigenvalue weighted by molar-refractivity contribution is -0.385. The molecule has 2 N–H and O–H groups in total. The van der Waals surface area contributed by atoms with Crippen LogP contribution in [0.25, 0.3) is 0 Å². The van der Waals surface area contributed by atoms with Crippen LogP contribution in [0.4, 0.5) is 11.4 Å². The molecule has 116 valence electrons. The van der Waals surface area contributed by atoms with Gasteiger partial charge in [0, 0.05) is 23.9 Å². The number of nitro groups is 1. The Labute approximate surface area is 123 Å². The molecule has 0 aliphatic carbocycles. The average molecular weight is 296 g/mol. The number of methoxy groups -OCH3 is 1. The zero-order valence-corrected chi connectivity index (χ0v) is 12.5. The summed E-state index contributed by atoms with van der Waals surface area (Å²) in [7, 11) is 1.35. The Morgan fingerprint density at radius 3 is 2.52 bits per heavy atom. The second kappa shape index (κ2) is 6.43. The fourth-order valence-corrected chi connectivity index (χ4v) is 1.87. The third-order valence-corrected chi connectivity index (χ3v) is 3.14. The number of nitro benzene ring substituents is 1. The summed E-state index contributed by atoms with van der Waals surface area (Å²) in [6, 6.07) is 4.06. The Balaban J connectivity index is 3.04. The summed E-state index contributed by atoms with van der Waals surface area (Å²) in [5.74, 6) is -0.774. The van der Waals surface area contributed by atoms with Crippen LogP contribution in [0, 0.1) is 15.5 Å². The average Bonchev–Trinajstić information content (AvgIpc) is 2.35. The minimum absolute atomic E-state index is 0.0528. The Bertz CT molecular complexity index is 537. The van der Waals surface area contributed by atoms with E-state index in [2.05, 4.69) is 5.32 Å². The van der Waals surface area contributed by atoms with Gasteiger partial charge in [-0.2, -0.15) is 0 Å². The van der Waals surface area contributed by atoms with Crippen LogP contribution < -0.4 is 10.1 Å². The lowest BCUT2D eigenvalue weighted by Crippen LogP contribution is -2.36. The van der Waals surface area contributed by atoms with E-state index < -0.39 is 10.9 Å². The van der Waals surface area contributed by atoms with E-state index in [-0.39, 0.29) is 29.3 Å². The Kier molecular flexibility index (Phi) is 5.12. The van der Waals surface area contributed by atoms with Crippen LogP contribution in [0.1, 0.15) is 27.2 Å². The molecule has 7 heteroatoms. The first kappa shape index (κ1) is 16.7. The van der Waals surface area contributed by atoms with Gasteiger partial charge in [0.2, 0.25) is 0 Å². The van der Waals surface area contributed by atoms with Crippen molar-refractivity contribution in [1.82, 2.24) is 0 Å². The van der Waals surface area contributed by atoms with E-state index in [9.17, 15) is 14.9 Å². The molecule has 1 aromatic carbocycles. The van der Waals surface area contributed by atoms with Gasteiger partial charge in [0.25, 0.3) is 0 Å². The Morgan fingerprint density at radius 1 is 1.48 bits per heavy atom. The molecule has 1 unspecified atom stereocenters. The maximum absolute atomic E-state index is 11.0. The van der Waals surface area contributed by atoms with Crippen molar-refractivity contribution in [3.05, 3.63) is 28.3 Å². The van der Waals surface area contributed by atoms with Gasteiger partial charge < -0.3 is 15.2 Å². The number of benzene rings is 1. The van der Waals surface area contributed by atoms with E-state index in [1.165, 1.54) is 19.2 Å². The van der Waals surface area contributed by atoms with Crippen LogP contribution in [0.3, 0.4) is 0 Å². The smallest absolute Gasteiger partial charge is 0.311 e. The molecule has 0 aliphatic heterocycles. The minimum Gasteiger partial charge on any atom is -0.490 e. The van der Waals surface area contributed by atoms with Crippen molar-refractivity contribution in [1.29, 1.82) is 0 Å². The first-order chi connectivity index (χ1) is 9.65. The highest BCUT2D eigenvalue weighted by Crippen LogP contribution is 2.32. The standard InChI is InChI=1S/C14H20N2O5/c1-14(2,3)12(8-13(17)18)15-9-5-6-10(16(19)20)11(7-9)21-4/h5-7,12,15H,8H2,1-4H3,(H,17,18). The van der Waals surface area contributed by atoms with Crippen LogP contribution in [0.5, 0.6) is 5.75 Å². The highest BCUT2D eigenvalue weighted by Gasteiger charge is 2.27. The van der Waals surface area contributed by atoms with Gasteiger partial charge in [0.05, 0.1) is 18.5 Å². The molecule has 0 heterocycles. The number of carbonyl (C=O) groups is 1. The van der Waals surface area contributed by atoms with Gasteiger partial charge in [-0.1, -0.05) is 20.8 Å². The summed E-state index contributed by atoms with van der Waals surface area (Å²) in [5.41, 5.74) is 0.167. The minimum atomic E-state index is -0.906. The van der Waals surface area contributed by atoms with E-state index in [0.29, 0.717) is 5.69 Å². The summed E-state index contributed by atoms with van der Waals surface area (Å²) in [5, 5.41) is 22.9. The summed E-state index contributed by atoms with van der Waals surface area (Å²) in [4.78, 5) is 21.3. The van der Waals surface area contributed by atoms with Crippen molar-refractivity contribution in [2.45, 2.75) is 33.2 Å². The molecule has 0 aromatic heterocycles. The highest BCUT2D eigenvalue weighted by atomic mass is 16.6. The van der Waals surface area contributed by atoms with E-state index in [4.69, 9.17) is 9.84 Å². The quantitative estimate of drug-likeness (QED) is 0.618. The van der Waals surface area contributed by atoms with Gasteiger partial charge in [0.1, 0.15) is 0 Å². The molecular weight excluding hydrogens is 276 g/mol. The molecule has 0 amide bonds. The lowest BCUT2D eigenvalue weighted by atomic mass is 9.84. The largest absolute Gasteiger partial charge is 0.490 e. The third-order valence-electron chi connectivity index (χ3n) is 3.14. The van der Waals surface area contributed by atoms with Gasteiger partial charge >= 0.3 is 11.7 Å². The molecule has 0 aliphatic rings. The SMILES string of the molecule is COc1cc(NC(CC(=O)O)C(C)(C)C)ccc1[N+](=O)[O-]. The Hall–Kier alpha value is -2.31. The van der Waals surface area contributed by atoms with E-state index in [0.717, 1.165) is 0 Å². The number of aliphatic carboxylic acids is 1. The number of carboxylic acids is 1. The molecule has 1 rings (SSSR count). The lowest BCUT2D eigenvalue weighted by Gasteiger charge is -2.31. The number of nitrogens with zero attached hydrogens (tertiary/aromatic N) is 1. The summed E-state index contributed by atoms with van der Waals surface area (Å²) < 4.78 is 5.00. The maximum atomic E-state index is 11.0. The molecule has 0 radical (unpaired) electrons. The first-order valence-corrected chi connectivity index (χ1v) is 6.46. The summed E-state index contributed by atoms with van der Waals surface area (Å²) in [6.45, 7) is 5.78. The molecule has 0 saturated carbocycles. The molecule has 0 saturated heterocycles. The molecule has 7 nitrogen and oxygen atoms in total. The van der Waals surface area contributed by atoms with Crippen LogP contribution in [-0.2, 0) is 4.79 Å². The van der Waals surface area contributed by atoms with Gasteiger partial charge in [-0.25, -0.2) is 0 Å². The van der Waals surface area contributed by atoms with Crippen LogP contribution in [0.15, 0.2) is 18.2 Å². The number of rotatable bonds is 6. The topological polar surface area (TPSA) is 102 Å². The number of ether oxygens (including phenoxy) is 1. The molecule has 1 aromatic rings. The molecule has 0 fully saturated rings. The summed E-state index contributed by atoms with van der Waals surface area (Å²) >= 11 is 0. The second-order valence-corrected chi connectivity index (χ2v) is 5.80. The first-order valence-electron chi connectivity index (χ1n) is 6.46. The molecular formula is C14H20N2O5. The fraction of sp³-hybridized carbons (Fsp3) is 0.500. The van der Waals surface area contributed by atoms with Crippen molar-refractivity contribution in [3.8, 4) is 5.75 Å². The predicted octanol–water partition coefficient (Wildman–Crippen LogP) is 2.90. The number of nitrogens with one attached hydrogen (secondary N) is 1.